The minimum Gasteiger partial charge on any atom is -0.619 e. The highest BCUT2D eigenvalue weighted by Gasteiger charge is 2.53. The fourth-order valence-corrected chi connectivity index (χ4v) is 5.12. The van der Waals surface area contributed by atoms with Crippen LogP contribution in [0.1, 0.15) is 50.4 Å². The number of nitrogens with zero attached hydrogens (tertiary/aromatic N) is 3. The molecular formula is C25H30FIN4O5. The summed E-state index contributed by atoms with van der Waals surface area (Å²) in [6.45, 7) is 5.91. The number of carbonyl (C=O) groups excluding carboxylic acids is 2. The minimum absolute atomic E-state index is 0.0272. The van der Waals surface area contributed by atoms with Gasteiger partial charge in [-0.2, -0.15) is 4.73 Å². The summed E-state index contributed by atoms with van der Waals surface area (Å²) in [5, 5.41) is 26.1. The molecule has 0 spiro atoms. The second-order valence-electron chi connectivity index (χ2n) is 10.3. The number of β-amino-alcohol motifs (C(OH)–C–C–N with tert-alkyl or cyclic N) is 1. The number of aliphatic hydroxyl groups is 1. The molecule has 2 aliphatic rings. The van der Waals surface area contributed by atoms with E-state index in [1.165, 1.54) is 35.5 Å². The molecule has 2 aliphatic heterocycles. The van der Waals surface area contributed by atoms with E-state index in [0.717, 1.165) is 12.8 Å². The third-order valence-corrected chi connectivity index (χ3v) is 7.00. The van der Waals surface area contributed by atoms with Gasteiger partial charge in [0.15, 0.2) is 6.20 Å². The lowest BCUT2D eigenvalue weighted by molar-refractivity contribution is -0.604. The number of piperidine rings is 1. The van der Waals surface area contributed by atoms with Crippen LogP contribution in [0.25, 0.3) is 0 Å². The fraction of sp³-hybridized carbons (Fsp3) is 0.480. The van der Waals surface area contributed by atoms with Gasteiger partial charge in [-0.05, 0) is 80.8 Å². The predicted octanol–water partition coefficient (Wildman–Crippen LogP) is 3.78. The Kier molecular flexibility index (Phi) is 7.33. The van der Waals surface area contributed by atoms with Crippen molar-refractivity contribution in [2.24, 2.45) is 0 Å². The Labute approximate surface area is 222 Å². The lowest BCUT2D eigenvalue weighted by Crippen LogP contribution is -2.73. The summed E-state index contributed by atoms with van der Waals surface area (Å²) < 4.78 is 21.2. The summed E-state index contributed by atoms with van der Waals surface area (Å²) >= 11 is 1.99. The molecule has 0 saturated carbocycles. The molecule has 0 aliphatic carbocycles. The summed E-state index contributed by atoms with van der Waals surface area (Å²) in [5.41, 5.74) is -1.47. The Hall–Kier alpha value is -2.67. The Morgan fingerprint density at radius 3 is 2.64 bits per heavy atom. The Bertz CT molecular complexity index is 1170. The van der Waals surface area contributed by atoms with Crippen LogP contribution in [0.4, 0.5) is 20.6 Å². The standard InChI is InChI=1S/C25H30FIN4O5/c1-24(2,3)36-23(33)31-10-5-4-6-21(31)25(34)14-29(15-25)22(32)17-9-11-30(35)13-20(17)28-19-8-7-16(27)12-18(19)26/h7-9,11-13,21,28,34H,4-6,10,14-15H2,1-3H3/t21-/m0/s1. The van der Waals surface area contributed by atoms with Gasteiger partial charge in [0, 0.05) is 16.2 Å². The van der Waals surface area contributed by atoms with Crippen LogP contribution in [0.2, 0.25) is 0 Å². The fourth-order valence-electron chi connectivity index (χ4n) is 4.67. The highest BCUT2D eigenvalue weighted by Crippen LogP contribution is 2.36. The molecule has 2 saturated heterocycles. The largest absolute Gasteiger partial charge is 0.619 e. The van der Waals surface area contributed by atoms with Crippen molar-refractivity contribution in [2.45, 2.75) is 57.3 Å². The molecule has 0 bridgehead atoms. The molecule has 9 nitrogen and oxygen atoms in total. The van der Waals surface area contributed by atoms with Gasteiger partial charge in [0.05, 0.1) is 30.4 Å². The second kappa shape index (κ2) is 10.0. The van der Waals surface area contributed by atoms with Crippen LogP contribution in [-0.4, -0.2) is 63.8 Å². The first kappa shape index (κ1) is 26.4. The van der Waals surface area contributed by atoms with E-state index in [2.05, 4.69) is 5.32 Å². The maximum atomic E-state index is 14.4. The number of nitrogens with one attached hydrogen (secondary N) is 1. The van der Waals surface area contributed by atoms with E-state index in [1.807, 2.05) is 22.6 Å². The van der Waals surface area contributed by atoms with Gasteiger partial charge in [-0.3, -0.25) is 4.79 Å². The lowest BCUT2D eigenvalue weighted by atomic mass is 9.80. The van der Waals surface area contributed by atoms with Gasteiger partial charge < -0.3 is 30.2 Å². The van der Waals surface area contributed by atoms with Gasteiger partial charge >= 0.3 is 6.09 Å². The maximum absolute atomic E-state index is 14.4. The summed E-state index contributed by atoms with van der Waals surface area (Å²) in [6.07, 6.45) is 4.18. The maximum Gasteiger partial charge on any atom is 0.410 e. The van der Waals surface area contributed by atoms with Crippen molar-refractivity contribution in [3.05, 3.63) is 56.8 Å². The van der Waals surface area contributed by atoms with Crippen LogP contribution >= 0.6 is 22.6 Å². The average Bonchev–Trinajstić information content (AvgIpc) is 2.77. The first-order valence-corrected chi connectivity index (χ1v) is 12.9. The molecule has 1 atom stereocenters. The topological polar surface area (TPSA) is 109 Å². The van der Waals surface area contributed by atoms with E-state index in [-0.39, 0.29) is 30.0 Å². The number of likely N-dealkylation sites (tertiary alicyclic amines) is 2. The third-order valence-electron chi connectivity index (χ3n) is 6.33. The summed E-state index contributed by atoms with van der Waals surface area (Å²) in [4.78, 5) is 29.1. The van der Waals surface area contributed by atoms with Crippen LogP contribution in [0, 0.1) is 14.6 Å². The van der Waals surface area contributed by atoms with Crippen molar-refractivity contribution in [3.8, 4) is 0 Å². The molecule has 0 unspecified atom stereocenters. The van der Waals surface area contributed by atoms with Crippen LogP contribution in [0.3, 0.4) is 0 Å². The van der Waals surface area contributed by atoms with Gasteiger partial charge in [-0.15, -0.1) is 0 Å². The predicted molar refractivity (Wildman–Crippen MR) is 139 cm³/mol. The van der Waals surface area contributed by atoms with Gasteiger partial charge in [-0.25, -0.2) is 9.18 Å². The molecule has 36 heavy (non-hydrogen) atoms. The highest BCUT2D eigenvalue weighted by atomic mass is 127. The Morgan fingerprint density at radius 1 is 1.25 bits per heavy atom. The van der Waals surface area contributed by atoms with Gasteiger partial charge in [0.1, 0.15) is 22.7 Å². The zero-order valence-electron chi connectivity index (χ0n) is 20.5. The van der Waals surface area contributed by atoms with E-state index >= 15 is 0 Å². The molecule has 4 rings (SSSR count). The number of aromatic nitrogens is 1. The zero-order chi connectivity index (χ0) is 26.3. The number of amides is 2. The van der Waals surface area contributed by atoms with Crippen molar-refractivity contribution < 1.29 is 28.6 Å². The number of benzene rings is 1. The van der Waals surface area contributed by atoms with E-state index in [4.69, 9.17) is 4.74 Å². The van der Waals surface area contributed by atoms with Gasteiger partial charge in [0.25, 0.3) is 5.91 Å². The Morgan fingerprint density at radius 2 is 1.97 bits per heavy atom. The van der Waals surface area contributed by atoms with Crippen molar-refractivity contribution >= 4 is 46.0 Å². The number of carbonyl (C=O) groups is 2. The van der Waals surface area contributed by atoms with Crippen LogP contribution in [0.15, 0.2) is 36.7 Å². The summed E-state index contributed by atoms with van der Waals surface area (Å²) in [5.74, 6) is -0.923. The van der Waals surface area contributed by atoms with Crippen LogP contribution in [0.5, 0.6) is 0 Å². The summed E-state index contributed by atoms with van der Waals surface area (Å²) in [7, 11) is 0. The number of pyridine rings is 1. The van der Waals surface area contributed by atoms with Crippen LogP contribution < -0.4 is 10.0 Å². The zero-order valence-corrected chi connectivity index (χ0v) is 22.6. The second-order valence-corrected chi connectivity index (χ2v) is 11.6. The SMILES string of the molecule is CC(C)(C)OC(=O)N1CCCC[C@H]1C1(O)CN(C(=O)c2cc[n+]([O-])cc2Nc2ccc(I)cc2F)C1. The molecule has 11 heteroatoms. The molecule has 2 amide bonds. The van der Waals surface area contributed by atoms with Crippen LogP contribution in [-0.2, 0) is 4.74 Å². The number of rotatable bonds is 4. The molecule has 2 aromatic rings. The van der Waals surface area contributed by atoms with Crippen molar-refractivity contribution in [1.29, 1.82) is 0 Å². The highest BCUT2D eigenvalue weighted by molar-refractivity contribution is 14.1. The Balaban J connectivity index is 1.50. The smallest absolute Gasteiger partial charge is 0.410 e. The molecule has 0 radical (unpaired) electrons. The number of anilines is 2. The van der Waals surface area contributed by atoms with Gasteiger partial charge in [-0.1, -0.05) is 0 Å². The quantitative estimate of drug-likeness (QED) is 0.309. The first-order chi connectivity index (χ1) is 16.9. The normalized spacial score (nSPS) is 19.4. The van der Waals surface area contributed by atoms with Gasteiger partial charge in [0.2, 0.25) is 6.20 Å². The average molecular weight is 612 g/mol. The molecular weight excluding hydrogens is 582 g/mol. The number of hydrogen-bond donors (Lipinski definition) is 2. The molecule has 1 aromatic heterocycles. The lowest BCUT2D eigenvalue weighted by Gasteiger charge is -2.54. The van der Waals surface area contributed by atoms with E-state index < -0.39 is 35.1 Å². The van der Waals surface area contributed by atoms with Crippen molar-refractivity contribution in [1.82, 2.24) is 9.80 Å². The number of halogens is 2. The molecule has 2 fully saturated rings. The monoisotopic (exact) mass is 612 g/mol. The summed E-state index contributed by atoms with van der Waals surface area (Å²) in [6, 6.07) is 5.48. The van der Waals surface area contributed by atoms with Crippen molar-refractivity contribution in [2.75, 3.05) is 25.0 Å². The van der Waals surface area contributed by atoms with E-state index in [1.54, 1.807) is 31.7 Å². The molecule has 194 valence electrons. The molecule has 1 aromatic carbocycles. The third kappa shape index (κ3) is 5.66. The molecule has 3 heterocycles. The number of hydrogen-bond acceptors (Lipinski definition) is 6. The molecule has 2 N–H and O–H groups in total. The number of ether oxygens (including phenoxy) is 1. The van der Waals surface area contributed by atoms with Crippen molar-refractivity contribution in [3.63, 3.8) is 0 Å². The minimum atomic E-state index is -1.27. The first-order valence-electron chi connectivity index (χ1n) is 11.8. The van der Waals surface area contributed by atoms with E-state index in [9.17, 15) is 24.3 Å². The van der Waals surface area contributed by atoms with E-state index in [0.29, 0.717) is 21.3 Å².